The smallest absolute Gasteiger partial charge is 0.378 e. The molecular formula is C13H23BO4P+. The molecular weight excluding hydrogens is 262 g/mol. The highest BCUT2D eigenvalue weighted by Gasteiger charge is 2.62. The zero-order valence-electron chi connectivity index (χ0n) is 12.2. The molecule has 4 nitrogen and oxygen atoms in total. The van der Waals surface area contributed by atoms with Crippen LogP contribution in [0.5, 0.6) is 0 Å². The Morgan fingerprint density at radius 2 is 2.11 bits per heavy atom. The van der Waals surface area contributed by atoms with Crippen LogP contribution >= 0.6 is 8.25 Å². The number of hydrogen-bond acceptors (Lipinski definition) is 4. The number of rotatable bonds is 6. The Kier molecular flexibility index (Phi) is 4.72. The Morgan fingerprint density at radius 1 is 1.42 bits per heavy atom. The summed E-state index contributed by atoms with van der Waals surface area (Å²) < 4.78 is 28.7. The summed E-state index contributed by atoms with van der Waals surface area (Å²) in [7, 11) is 3.90. The first-order chi connectivity index (χ1) is 8.84. The highest BCUT2D eigenvalue weighted by Crippen LogP contribution is 2.54. The largest absolute Gasteiger partial charge is 0.698 e. The quantitative estimate of drug-likeness (QED) is 0.555. The SMILES string of the molecule is [B][C@@H]1O[C@@]2(CC(C)C)CC[C@H]1C2O[P+](=O)OC(C)C. The fraction of sp³-hybridized carbons (Fsp3) is 1.00. The molecule has 1 aliphatic heterocycles. The van der Waals surface area contributed by atoms with Crippen molar-refractivity contribution in [3.63, 3.8) is 0 Å². The van der Waals surface area contributed by atoms with Gasteiger partial charge in [0, 0.05) is 16.5 Å². The Balaban J connectivity index is 2.07. The van der Waals surface area contributed by atoms with Gasteiger partial charge in [0.15, 0.2) is 0 Å². The van der Waals surface area contributed by atoms with Gasteiger partial charge in [0.1, 0.15) is 20.1 Å². The predicted octanol–water partition coefficient (Wildman–Crippen LogP) is 3.17. The molecule has 19 heavy (non-hydrogen) atoms. The topological polar surface area (TPSA) is 44.8 Å². The minimum atomic E-state index is -2.11. The maximum Gasteiger partial charge on any atom is 0.698 e. The molecule has 2 fully saturated rings. The molecule has 0 spiro atoms. The van der Waals surface area contributed by atoms with Crippen LogP contribution in [0.25, 0.3) is 0 Å². The van der Waals surface area contributed by atoms with Gasteiger partial charge in [-0.3, -0.25) is 0 Å². The van der Waals surface area contributed by atoms with Gasteiger partial charge in [0.2, 0.25) is 0 Å². The van der Waals surface area contributed by atoms with Crippen LogP contribution in [0.1, 0.15) is 47.0 Å². The van der Waals surface area contributed by atoms with Crippen LogP contribution in [0.15, 0.2) is 0 Å². The first-order valence-corrected chi connectivity index (χ1v) is 8.18. The Morgan fingerprint density at radius 3 is 2.63 bits per heavy atom. The molecule has 1 saturated heterocycles. The number of hydrogen-bond donors (Lipinski definition) is 0. The zero-order chi connectivity index (χ0) is 14.2. The van der Waals surface area contributed by atoms with Crippen molar-refractivity contribution in [1.29, 1.82) is 0 Å². The fourth-order valence-electron chi connectivity index (χ4n) is 3.34. The van der Waals surface area contributed by atoms with Gasteiger partial charge in [-0.25, -0.2) is 0 Å². The Labute approximate surface area is 117 Å². The molecule has 0 N–H and O–H groups in total. The van der Waals surface area contributed by atoms with Crippen molar-refractivity contribution in [1.82, 2.24) is 0 Å². The predicted molar refractivity (Wildman–Crippen MR) is 74.2 cm³/mol. The van der Waals surface area contributed by atoms with E-state index in [4.69, 9.17) is 21.6 Å². The van der Waals surface area contributed by atoms with Crippen molar-refractivity contribution < 1.29 is 18.3 Å². The second-order valence-corrected chi connectivity index (χ2v) is 7.22. The van der Waals surface area contributed by atoms with E-state index in [0.29, 0.717) is 5.92 Å². The van der Waals surface area contributed by atoms with E-state index in [1.54, 1.807) is 0 Å². The van der Waals surface area contributed by atoms with E-state index in [1.807, 2.05) is 13.8 Å². The number of ether oxygens (including phenoxy) is 1. The number of fused-ring (bicyclic) bond motifs is 2. The van der Waals surface area contributed by atoms with Gasteiger partial charge in [-0.15, -0.1) is 9.05 Å². The van der Waals surface area contributed by atoms with E-state index in [2.05, 4.69) is 13.8 Å². The molecule has 1 heterocycles. The van der Waals surface area contributed by atoms with E-state index >= 15 is 0 Å². The van der Waals surface area contributed by atoms with Gasteiger partial charge in [-0.1, -0.05) is 13.8 Å². The molecule has 0 amide bonds. The summed E-state index contributed by atoms with van der Waals surface area (Å²) in [6.07, 6.45) is 2.47. The average Bonchev–Trinajstić information content (AvgIpc) is 2.66. The summed E-state index contributed by atoms with van der Waals surface area (Å²) in [4.78, 5) is 0. The van der Waals surface area contributed by atoms with E-state index in [9.17, 15) is 4.57 Å². The van der Waals surface area contributed by atoms with Gasteiger partial charge in [0.25, 0.3) is 0 Å². The fourth-order valence-corrected chi connectivity index (χ4v) is 4.26. The summed E-state index contributed by atoms with van der Waals surface area (Å²) >= 11 is 0. The van der Waals surface area contributed by atoms with Crippen LogP contribution in [-0.2, 0) is 18.3 Å². The molecule has 1 saturated carbocycles. The van der Waals surface area contributed by atoms with Gasteiger partial charge in [0.05, 0.1) is 5.60 Å². The normalized spacial score (nSPS) is 38.4. The second kappa shape index (κ2) is 5.81. The monoisotopic (exact) mass is 285 g/mol. The van der Waals surface area contributed by atoms with Gasteiger partial charge >= 0.3 is 8.25 Å². The summed E-state index contributed by atoms with van der Waals surface area (Å²) in [6, 6.07) is -0.306. The van der Waals surface area contributed by atoms with Gasteiger partial charge < -0.3 is 4.74 Å². The lowest BCUT2D eigenvalue weighted by atomic mass is 9.85. The molecule has 2 radical (unpaired) electrons. The average molecular weight is 285 g/mol. The van der Waals surface area contributed by atoms with Crippen molar-refractivity contribution in [3.05, 3.63) is 0 Å². The summed E-state index contributed by atoms with van der Waals surface area (Å²) in [5.41, 5.74) is -0.371. The lowest BCUT2D eigenvalue weighted by Crippen LogP contribution is -2.39. The van der Waals surface area contributed by atoms with Crippen LogP contribution in [-0.4, -0.2) is 31.7 Å². The van der Waals surface area contributed by atoms with Crippen LogP contribution in [0.3, 0.4) is 0 Å². The molecule has 0 aromatic carbocycles. The van der Waals surface area contributed by atoms with Crippen LogP contribution in [0.4, 0.5) is 0 Å². The molecule has 5 atom stereocenters. The summed E-state index contributed by atoms with van der Waals surface area (Å²) in [5, 5.41) is 0. The standard InChI is InChI=1S/C13H23BO4P/c1-8(2)7-13-6-5-10(12(14)16-13)11(13)18-19(15)17-9(3)4/h8-12H,5-7H2,1-4H3/q+1/t10-,11?,12+,13+/m0/s1. The maximum absolute atomic E-state index is 11.9. The molecule has 6 heteroatoms. The third kappa shape index (κ3) is 3.21. The minimum Gasteiger partial charge on any atom is -0.378 e. The summed E-state index contributed by atoms with van der Waals surface area (Å²) in [6.45, 7) is 7.98. The van der Waals surface area contributed by atoms with Crippen LogP contribution < -0.4 is 0 Å². The highest BCUT2D eigenvalue weighted by molar-refractivity contribution is 7.33. The molecule has 2 bridgehead atoms. The van der Waals surface area contributed by atoms with E-state index in [0.717, 1.165) is 19.3 Å². The van der Waals surface area contributed by atoms with Gasteiger partial charge in [-0.05, 0) is 39.0 Å². The van der Waals surface area contributed by atoms with Crippen molar-refractivity contribution in [2.45, 2.75) is 70.8 Å². The highest BCUT2D eigenvalue weighted by atomic mass is 31.1. The molecule has 106 valence electrons. The van der Waals surface area contributed by atoms with Crippen molar-refractivity contribution in [2.75, 3.05) is 0 Å². The molecule has 2 aliphatic rings. The first-order valence-electron chi connectivity index (χ1n) is 7.08. The van der Waals surface area contributed by atoms with E-state index in [-0.39, 0.29) is 29.7 Å². The lowest BCUT2D eigenvalue weighted by molar-refractivity contribution is -0.0764. The Hall–Kier alpha value is 0.0449. The summed E-state index contributed by atoms with van der Waals surface area (Å²) in [5.74, 6) is 0.618. The first kappa shape index (κ1) is 15.4. The van der Waals surface area contributed by atoms with E-state index < -0.39 is 8.25 Å². The molecule has 1 aliphatic carbocycles. The molecule has 2 rings (SSSR count). The van der Waals surface area contributed by atoms with Gasteiger partial charge in [-0.2, -0.15) is 0 Å². The second-order valence-electron chi connectivity index (χ2n) is 6.35. The molecule has 0 aromatic heterocycles. The van der Waals surface area contributed by atoms with Crippen LogP contribution in [0.2, 0.25) is 0 Å². The van der Waals surface area contributed by atoms with Crippen molar-refractivity contribution in [2.24, 2.45) is 11.8 Å². The van der Waals surface area contributed by atoms with Crippen LogP contribution in [0, 0.1) is 11.8 Å². The molecule has 0 aromatic rings. The van der Waals surface area contributed by atoms with Crippen molar-refractivity contribution in [3.8, 4) is 0 Å². The lowest BCUT2D eigenvalue weighted by Gasteiger charge is -2.32. The molecule has 2 unspecified atom stereocenters. The van der Waals surface area contributed by atoms with E-state index in [1.165, 1.54) is 0 Å². The zero-order valence-corrected chi connectivity index (χ0v) is 13.1. The maximum atomic E-state index is 11.9. The third-order valence-corrected chi connectivity index (χ3v) is 4.84. The minimum absolute atomic E-state index is 0.113. The third-order valence-electron chi connectivity index (χ3n) is 3.85. The Bertz CT molecular complexity index is 350. The van der Waals surface area contributed by atoms with Crippen molar-refractivity contribution >= 4 is 16.1 Å².